The Kier molecular flexibility index (Phi) is 6.38. The van der Waals surface area contributed by atoms with E-state index in [0.29, 0.717) is 18.0 Å². The predicted octanol–water partition coefficient (Wildman–Crippen LogP) is 1.86. The van der Waals surface area contributed by atoms with Crippen molar-refractivity contribution in [1.82, 2.24) is 15.5 Å². The molecule has 0 unspecified atom stereocenters. The second-order valence-corrected chi connectivity index (χ2v) is 7.21. The number of amides is 4. The molecule has 1 saturated carbocycles. The Hall–Kier alpha value is -2.77. The molecule has 0 radical (unpaired) electrons. The number of nitrogens with zero attached hydrogens (tertiary/aromatic N) is 1. The molecule has 1 aliphatic heterocycles. The van der Waals surface area contributed by atoms with Crippen LogP contribution in [0.4, 0.5) is 10.5 Å². The standard InChI is InChI=1S/C20H28N4O4/c1-3-21-20(27)24-16-10-5-4-9-15(16)23-19(26)17(24)12-18(25)22-13-7-6-8-14(11-13)28-2/h6-8,11,15-17H,3-5,9-10,12H2,1-2H3,(H,21,27)(H,22,25)(H,23,26)/t15-,16-,17-/m1/s1. The number of benzene rings is 1. The molecule has 1 saturated heterocycles. The zero-order chi connectivity index (χ0) is 20.1. The van der Waals surface area contributed by atoms with E-state index in [9.17, 15) is 14.4 Å². The molecule has 8 nitrogen and oxygen atoms in total. The van der Waals surface area contributed by atoms with Crippen LogP contribution < -0.4 is 20.7 Å². The average molecular weight is 388 g/mol. The average Bonchev–Trinajstić information content (AvgIpc) is 2.68. The fourth-order valence-corrected chi connectivity index (χ4v) is 4.06. The van der Waals surface area contributed by atoms with Crippen molar-refractivity contribution in [3.8, 4) is 5.75 Å². The van der Waals surface area contributed by atoms with E-state index < -0.39 is 6.04 Å². The maximum Gasteiger partial charge on any atom is 0.318 e. The number of methoxy groups -OCH3 is 1. The first kappa shape index (κ1) is 20.0. The number of hydrogen-bond donors (Lipinski definition) is 3. The number of rotatable bonds is 5. The molecule has 8 heteroatoms. The Balaban J connectivity index is 1.75. The van der Waals surface area contributed by atoms with Crippen molar-refractivity contribution in [2.24, 2.45) is 0 Å². The molecule has 2 aliphatic rings. The van der Waals surface area contributed by atoms with Gasteiger partial charge >= 0.3 is 6.03 Å². The molecule has 3 atom stereocenters. The van der Waals surface area contributed by atoms with Crippen molar-refractivity contribution in [3.05, 3.63) is 24.3 Å². The monoisotopic (exact) mass is 388 g/mol. The van der Waals surface area contributed by atoms with Crippen LogP contribution in [0.1, 0.15) is 39.0 Å². The van der Waals surface area contributed by atoms with Gasteiger partial charge in [-0.3, -0.25) is 9.59 Å². The summed E-state index contributed by atoms with van der Waals surface area (Å²) in [5, 5.41) is 8.61. The molecular formula is C20H28N4O4. The molecule has 1 aromatic carbocycles. The summed E-state index contributed by atoms with van der Waals surface area (Å²) in [6.07, 6.45) is 3.63. The Morgan fingerprint density at radius 3 is 2.82 bits per heavy atom. The summed E-state index contributed by atoms with van der Waals surface area (Å²) >= 11 is 0. The van der Waals surface area contributed by atoms with E-state index in [1.807, 2.05) is 6.92 Å². The Morgan fingerprint density at radius 2 is 2.07 bits per heavy atom. The number of piperazine rings is 1. The lowest BCUT2D eigenvalue weighted by Crippen LogP contribution is -2.69. The van der Waals surface area contributed by atoms with E-state index in [1.165, 1.54) is 0 Å². The van der Waals surface area contributed by atoms with Gasteiger partial charge in [0.05, 0.1) is 19.6 Å². The van der Waals surface area contributed by atoms with Gasteiger partial charge in [-0.1, -0.05) is 18.9 Å². The molecule has 0 aromatic heterocycles. The summed E-state index contributed by atoms with van der Waals surface area (Å²) in [6.45, 7) is 2.31. The number of hydrogen-bond acceptors (Lipinski definition) is 4. The van der Waals surface area contributed by atoms with Gasteiger partial charge in [-0.25, -0.2) is 4.79 Å². The van der Waals surface area contributed by atoms with Crippen LogP contribution in [-0.2, 0) is 9.59 Å². The summed E-state index contributed by atoms with van der Waals surface area (Å²) in [5.41, 5.74) is 0.584. The second kappa shape index (κ2) is 8.95. The zero-order valence-electron chi connectivity index (χ0n) is 16.4. The molecule has 1 aromatic rings. The molecule has 28 heavy (non-hydrogen) atoms. The lowest BCUT2D eigenvalue weighted by atomic mass is 9.85. The predicted molar refractivity (Wildman–Crippen MR) is 105 cm³/mol. The highest BCUT2D eigenvalue weighted by Gasteiger charge is 2.45. The number of nitrogens with one attached hydrogen (secondary N) is 3. The molecule has 3 N–H and O–H groups in total. The number of carbonyl (C=O) groups excluding carboxylic acids is 3. The van der Waals surface area contributed by atoms with Gasteiger partial charge in [0.25, 0.3) is 0 Å². The third kappa shape index (κ3) is 4.37. The molecule has 3 rings (SSSR count). The quantitative estimate of drug-likeness (QED) is 0.717. The van der Waals surface area contributed by atoms with E-state index in [0.717, 1.165) is 25.7 Å². The normalized spacial score (nSPS) is 24.0. The summed E-state index contributed by atoms with van der Waals surface area (Å²) in [5.74, 6) is 0.0364. The number of ether oxygens (including phenoxy) is 1. The highest BCUT2D eigenvalue weighted by molar-refractivity contribution is 5.97. The van der Waals surface area contributed by atoms with Crippen molar-refractivity contribution in [2.75, 3.05) is 19.0 Å². The molecule has 1 aliphatic carbocycles. The van der Waals surface area contributed by atoms with E-state index in [1.54, 1.807) is 36.3 Å². The van der Waals surface area contributed by atoms with Crippen LogP contribution >= 0.6 is 0 Å². The van der Waals surface area contributed by atoms with Gasteiger partial charge in [0.2, 0.25) is 11.8 Å². The highest BCUT2D eigenvalue weighted by Crippen LogP contribution is 2.29. The van der Waals surface area contributed by atoms with Crippen LogP contribution in [0, 0.1) is 0 Å². The fraction of sp³-hybridized carbons (Fsp3) is 0.550. The lowest BCUT2D eigenvalue weighted by Gasteiger charge is -2.47. The largest absolute Gasteiger partial charge is 0.497 e. The van der Waals surface area contributed by atoms with Crippen molar-refractivity contribution in [3.63, 3.8) is 0 Å². The molecule has 4 amide bonds. The topological polar surface area (TPSA) is 99.8 Å². The summed E-state index contributed by atoms with van der Waals surface area (Å²) < 4.78 is 5.16. The van der Waals surface area contributed by atoms with Gasteiger partial charge in [-0.05, 0) is 31.9 Å². The summed E-state index contributed by atoms with van der Waals surface area (Å²) in [4.78, 5) is 39.7. The van der Waals surface area contributed by atoms with Gasteiger partial charge < -0.3 is 25.6 Å². The van der Waals surface area contributed by atoms with Crippen LogP contribution in [0.15, 0.2) is 24.3 Å². The first-order chi connectivity index (χ1) is 13.5. The molecule has 0 spiro atoms. The minimum absolute atomic E-state index is 0.0402. The number of carbonyl (C=O) groups is 3. The van der Waals surface area contributed by atoms with Crippen LogP contribution in [-0.4, -0.2) is 54.5 Å². The van der Waals surface area contributed by atoms with Gasteiger partial charge in [0.15, 0.2) is 0 Å². The Bertz CT molecular complexity index is 739. The van der Waals surface area contributed by atoms with Crippen molar-refractivity contribution < 1.29 is 19.1 Å². The van der Waals surface area contributed by atoms with Gasteiger partial charge in [0.1, 0.15) is 11.8 Å². The highest BCUT2D eigenvalue weighted by atomic mass is 16.5. The first-order valence-electron chi connectivity index (χ1n) is 9.84. The maximum atomic E-state index is 12.7. The van der Waals surface area contributed by atoms with Crippen LogP contribution in [0.25, 0.3) is 0 Å². The van der Waals surface area contributed by atoms with Crippen LogP contribution in [0.5, 0.6) is 5.75 Å². The third-order valence-electron chi connectivity index (χ3n) is 5.35. The summed E-state index contributed by atoms with van der Waals surface area (Å²) in [7, 11) is 1.55. The van der Waals surface area contributed by atoms with E-state index in [2.05, 4.69) is 16.0 Å². The van der Waals surface area contributed by atoms with Gasteiger partial charge in [-0.15, -0.1) is 0 Å². The molecule has 0 bridgehead atoms. The number of urea groups is 1. The SMILES string of the molecule is CCNC(=O)N1[C@H](CC(=O)Nc2cccc(OC)c2)C(=O)N[C@@H]2CCCC[C@H]21. The number of fused-ring (bicyclic) bond motifs is 1. The van der Waals surface area contributed by atoms with Gasteiger partial charge in [0, 0.05) is 24.3 Å². The lowest BCUT2D eigenvalue weighted by molar-refractivity contribution is -0.135. The third-order valence-corrected chi connectivity index (χ3v) is 5.35. The Morgan fingerprint density at radius 1 is 1.29 bits per heavy atom. The fourth-order valence-electron chi connectivity index (χ4n) is 4.06. The smallest absolute Gasteiger partial charge is 0.318 e. The molecule has 1 heterocycles. The Labute approximate surface area is 165 Å². The molecule has 2 fully saturated rings. The minimum Gasteiger partial charge on any atom is -0.497 e. The van der Waals surface area contributed by atoms with E-state index in [-0.39, 0.29) is 36.3 Å². The van der Waals surface area contributed by atoms with Crippen molar-refractivity contribution in [2.45, 2.75) is 57.2 Å². The zero-order valence-corrected chi connectivity index (χ0v) is 16.4. The number of anilines is 1. The molecular weight excluding hydrogens is 360 g/mol. The maximum absolute atomic E-state index is 12.7. The van der Waals surface area contributed by atoms with Crippen LogP contribution in [0.3, 0.4) is 0 Å². The second-order valence-electron chi connectivity index (χ2n) is 7.21. The van der Waals surface area contributed by atoms with Crippen LogP contribution in [0.2, 0.25) is 0 Å². The van der Waals surface area contributed by atoms with Gasteiger partial charge in [-0.2, -0.15) is 0 Å². The minimum atomic E-state index is -0.823. The van der Waals surface area contributed by atoms with E-state index >= 15 is 0 Å². The summed E-state index contributed by atoms with van der Waals surface area (Å²) in [6, 6.07) is 5.79. The molecule has 152 valence electrons. The van der Waals surface area contributed by atoms with Crippen molar-refractivity contribution in [1.29, 1.82) is 0 Å². The van der Waals surface area contributed by atoms with E-state index in [4.69, 9.17) is 4.74 Å². The first-order valence-corrected chi connectivity index (χ1v) is 9.84. The van der Waals surface area contributed by atoms with Crippen molar-refractivity contribution >= 4 is 23.5 Å².